The Morgan fingerprint density at radius 1 is 1.39 bits per heavy atom. The van der Waals surface area contributed by atoms with Crippen molar-refractivity contribution in [3.63, 3.8) is 0 Å². The predicted molar refractivity (Wildman–Crippen MR) is 59.2 cm³/mol. The van der Waals surface area contributed by atoms with E-state index < -0.39 is 23.2 Å². The van der Waals surface area contributed by atoms with Gasteiger partial charge in [-0.3, -0.25) is 0 Å². The summed E-state index contributed by atoms with van der Waals surface area (Å²) in [5.41, 5.74) is -1.07. The van der Waals surface area contributed by atoms with E-state index in [2.05, 4.69) is 0 Å². The Balaban J connectivity index is 1.97. The number of carbonyl (C=O) groups is 1. The van der Waals surface area contributed by atoms with E-state index in [0.29, 0.717) is 6.61 Å². The number of hydrogen-bond acceptors (Lipinski definition) is 5. The first-order chi connectivity index (χ1) is 8.21. The lowest BCUT2D eigenvalue weighted by Crippen LogP contribution is -2.28. The molecule has 0 aromatic rings. The van der Waals surface area contributed by atoms with Crippen LogP contribution in [0.25, 0.3) is 0 Å². The average Bonchev–Trinajstić information content (AvgIpc) is 2.65. The molecule has 2 rings (SSSR count). The number of halogens is 1. The van der Waals surface area contributed by atoms with Crippen LogP contribution in [0.3, 0.4) is 0 Å². The lowest BCUT2D eigenvalue weighted by atomic mass is 10.1. The van der Waals surface area contributed by atoms with Crippen molar-refractivity contribution < 1.29 is 28.1 Å². The van der Waals surface area contributed by atoms with Gasteiger partial charge in [-0.05, 0) is 27.7 Å². The smallest absolute Gasteiger partial charge is 0.371 e. The monoisotopic (exact) mass is 260 g/mol. The van der Waals surface area contributed by atoms with Gasteiger partial charge in [-0.15, -0.1) is 0 Å². The number of hydrogen-bond donors (Lipinski definition) is 0. The maximum absolute atomic E-state index is 13.5. The second-order valence-corrected chi connectivity index (χ2v) is 5.30. The van der Waals surface area contributed by atoms with E-state index in [4.69, 9.17) is 18.9 Å². The summed E-state index contributed by atoms with van der Waals surface area (Å²) in [6.45, 7) is 7.22. The molecule has 2 aliphatic heterocycles. The highest BCUT2D eigenvalue weighted by Crippen LogP contribution is 2.34. The van der Waals surface area contributed by atoms with Crippen LogP contribution in [0.15, 0.2) is 11.6 Å². The lowest BCUT2D eigenvalue weighted by molar-refractivity contribution is -0.148. The molecule has 6 heteroatoms. The molecule has 1 fully saturated rings. The third-order valence-corrected chi connectivity index (χ3v) is 2.75. The van der Waals surface area contributed by atoms with Crippen molar-refractivity contribution in [3.05, 3.63) is 11.6 Å². The van der Waals surface area contributed by atoms with Gasteiger partial charge in [0.1, 0.15) is 12.7 Å². The van der Waals surface area contributed by atoms with Gasteiger partial charge >= 0.3 is 5.97 Å². The molecule has 0 N–H and O–H groups in total. The average molecular weight is 260 g/mol. The number of esters is 1. The van der Waals surface area contributed by atoms with Crippen LogP contribution in [0, 0.1) is 0 Å². The predicted octanol–water partition coefficient (Wildman–Crippen LogP) is 1.67. The molecule has 0 aliphatic carbocycles. The van der Waals surface area contributed by atoms with Gasteiger partial charge < -0.3 is 18.9 Å². The minimum Gasteiger partial charge on any atom is -0.488 e. The van der Waals surface area contributed by atoms with Crippen molar-refractivity contribution in [1.29, 1.82) is 0 Å². The maximum atomic E-state index is 13.5. The molecule has 0 bridgehead atoms. The van der Waals surface area contributed by atoms with Crippen LogP contribution >= 0.6 is 0 Å². The third kappa shape index (κ3) is 2.49. The summed E-state index contributed by atoms with van der Waals surface area (Å²) in [6.07, 6.45) is -0.285. The largest absolute Gasteiger partial charge is 0.488 e. The van der Waals surface area contributed by atoms with Crippen LogP contribution in [0.2, 0.25) is 0 Å². The molecule has 5 nitrogen and oxygen atoms in total. The van der Waals surface area contributed by atoms with Crippen molar-refractivity contribution in [2.45, 2.75) is 45.2 Å². The van der Waals surface area contributed by atoms with Gasteiger partial charge in [0.05, 0.1) is 6.61 Å². The van der Waals surface area contributed by atoms with E-state index in [1.165, 1.54) is 0 Å². The van der Waals surface area contributed by atoms with Crippen LogP contribution in [-0.2, 0) is 23.7 Å². The van der Waals surface area contributed by atoms with Gasteiger partial charge in [-0.25, -0.2) is 4.79 Å². The zero-order chi connectivity index (χ0) is 13.6. The highest BCUT2D eigenvalue weighted by molar-refractivity contribution is 5.90. The summed E-state index contributed by atoms with van der Waals surface area (Å²) in [5, 5.41) is 0. The van der Waals surface area contributed by atoms with Gasteiger partial charge in [0.2, 0.25) is 5.83 Å². The second-order valence-electron chi connectivity index (χ2n) is 5.30. The first-order valence-electron chi connectivity index (χ1n) is 5.79. The Bertz CT molecular complexity index is 399. The molecule has 0 radical (unpaired) electrons. The molecule has 1 atom stereocenters. The Morgan fingerprint density at radius 3 is 2.50 bits per heavy atom. The fourth-order valence-electron chi connectivity index (χ4n) is 1.94. The summed E-state index contributed by atoms with van der Waals surface area (Å²) in [7, 11) is 0. The molecule has 2 heterocycles. The van der Waals surface area contributed by atoms with E-state index in [-0.39, 0.29) is 18.5 Å². The van der Waals surface area contributed by atoms with Crippen molar-refractivity contribution >= 4 is 5.97 Å². The van der Waals surface area contributed by atoms with Crippen LogP contribution < -0.4 is 0 Å². The van der Waals surface area contributed by atoms with E-state index in [1.807, 2.05) is 0 Å². The molecule has 0 spiro atoms. The third-order valence-electron chi connectivity index (χ3n) is 2.75. The zero-order valence-electron chi connectivity index (χ0n) is 10.9. The Labute approximate surface area is 105 Å². The van der Waals surface area contributed by atoms with E-state index in [0.717, 1.165) is 0 Å². The first-order valence-corrected chi connectivity index (χ1v) is 5.79. The van der Waals surface area contributed by atoms with Crippen molar-refractivity contribution in [3.8, 4) is 0 Å². The lowest BCUT2D eigenvalue weighted by Gasteiger charge is -2.22. The normalized spacial score (nSPS) is 29.6. The van der Waals surface area contributed by atoms with Crippen LogP contribution in [0.5, 0.6) is 0 Å². The number of carbonyl (C=O) groups excluding carboxylic acids is 1. The molecule has 0 aromatic carbocycles. The van der Waals surface area contributed by atoms with Crippen molar-refractivity contribution in [2.75, 3.05) is 13.2 Å². The van der Waals surface area contributed by atoms with Gasteiger partial charge in [-0.1, -0.05) is 0 Å². The topological polar surface area (TPSA) is 54.0 Å². The summed E-state index contributed by atoms with van der Waals surface area (Å²) in [5.74, 6) is -2.70. The Hall–Kier alpha value is -1.14. The summed E-state index contributed by atoms with van der Waals surface area (Å²) in [4.78, 5) is 11.1. The van der Waals surface area contributed by atoms with Crippen LogP contribution in [-0.4, -0.2) is 36.7 Å². The second kappa shape index (κ2) is 4.20. The Morgan fingerprint density at radius 2 is 2.06 bits per heavy atom. The Kier molecular flexibility index (Phi) is 3.11. The number of rotatable bonds is 3. The van der Waals surface area contributed by atoms with Gasteiger partial charge in [0.15, 0.2) is 17.1 Å². The number of cyclic esters (lactones) is 1. The van der Waals surface area contributed by atoms with Crippen LogP contribution in [0.1, 0.15) is 27.7 Å². The fraction of sp³-hybridized carbons (Fsp3) is 0.750. The van der Waals surface area contributed by atoms with Crippen molar-refractivity contribution in [1.82, 2.24) is 0 Å². The molecule has 0 saturated carbocycles. The molecule has 0 amide bonds. The summed E-state index contributed by atoms with van der Waals surface area (Å²) >= 11 is 0. The molecular formula is C12H17FO5. The molecule has 2 aliphatic rings. The first kappa shape index (κ1) is 13.3. The summed E-state index contributed by atoms with van der Waals surface area (Å²) < 4.78 is 34.6. The molecule has 102 valence electrons. The fourth-order valence-corrected chi connectivity index (χ4v) is 1.94. The van der Waals surface area contributed by atoms with Gasteiger partial charge in [0.25, 0.3) is 0 Å². The minimum atomic E-state index is -1.07. The summed E-state index contributed by atoms with van der Waals surface area (Å²) in [6, 6.07) is 0. The molecular weight excluding hydrogens is 243 g/mol. The van der Waals surface area contributed by atoms with Crippen molar-refractivity contribution in [2.24, 2.45) is 0 Å². The molecule has 1 unspecified atom stereocenters. The van der Waals surface area contributed by atoms with Gasteiger partial charge in [0, 0.05) is 0 Å². The molecule has 1 saturated heterocycles. The number of ether oxygens (including phenoxy) is 4. The minimum absolute atomic E-state index is 0.0826. The van der Waals surface area contributed by atoms with Crippen LogP contribution in [0.4, 0.5) is 4.39 Å². The van der Waals surface area contributed by atoms with E-state index in [1.54, 1.807) is 27.7 Å². The van der Waals surface area contributed by atoms with E-state index in [9.17, 15) is 9.18 Å². The maximum Gasteiger partial charge on any atom is 0.371 e. The molecule has 0 aromatic heterocycles. The standard InChI is InChI=1S/C12H17FO5/c1-11(2)9(8(13)10(14)18-11)15-5-7-6-16-12(3,4)17-7/h7H,5-6H2,1-4H3. The molecule has 18 heavy (non-hydrogen) atoms. The quantitative estimate of drug-likeness (QED) is 0.722. The highest BCUT2D eigenvalue weighted by Gasteiger charge is 2.44. The highest BCUT2D eigenvalue weighted by atomic mass is 19.1. The van der Waals surface area contributed by atoms with E-state index >= 15 is 0 Å². The SMILES string of the molecule is CC1(C)OCC(COC2=C(F)C(=O)OC2(C)C)O1. The zero-order valence-corrected chi connectivity index (χ0v) is 10.9. The van der Waals surface area contributed by atoms with Gasteiger partial charge in [-0.2, -0.15) is 4.39 Å².